The summed E-state index contributed by atoms with van der Waals surface area (Å²) in [5.41, 5.74) is 0.912. The Morgan fingerprint density at radius 3 is 2.65 bits per heavy atom. The van der Waals surface area contributed by atoms with Crippen molar-refractivity contribution in [2.75, 3.05) is 7.11 Å². The highest BCUT2D eigenvalue weighted by molar-refractivity contribution is 5.91. The Labute approximate surface area is 134 Å². The van der Waals surface area contributed by atoms with Crippen molar-refractivity contribution in [2.45, 2.75) is 33.2 Å². The van der Waals surface area contributed by atoms with Gasteiger partial charge in [-0.3, -0.25) is 4.79 Å². The number of nitrogens with one attached hydrogen (secondary N) is 2. The SMILES string of the molecule is COC(=O)[C@@H](NC(=O)Cc1c[nH]c2cc(F)ccc12)C(C)(C)C. The van der Waals surface area contributed by atoms with Crippen LogP contribution in [-0.4, -0.2) is 30.0 Å². The van der Waals surface area contributed by atoms with Crippen molar-refractivity contribution in [3.8, 4) is 0 Å². The first-order valence-corrected chi connectivity index (χ1v) is 7.35. The number of halogens is 1. The lowest BCUT2D eigenvalue weighted by atomic mass is 9.86. The first kappa shape index (κ1) is 17.0. The van der Waals surface area contributed by atoms with Gasteiger partial charge in [0.1, 0.15) is 11.9 Å². The van der Waals surface area contributed by atoms with Crippen molar-refractivity contribution in [3.63, 3.8) is 0 Å². The number of amides is 1. The predicted molar refractivity (Wildman–Crippen MR) is 85.4 cm³/mol. The van der Waals surface area contributed by atoms with Crippen LogP contribution >= 0.6 is 0 Å². The number of fused-ring (bicyclic) bond motifs is 1. The molecule has 124 valence electrons. The van der Waals surface area contributed by atoms with Crippen molar-refractivity contribution in [1.29, 1.82) is 0 Å². The zero-order chi connectivity index (χ0) is 17.2. The molecule has 0 unspecified atom stereocenters. The average Bonchev–Trinajstić information content (AvgIpc) is 2.85. The first-order valence-electron chi connectivity index (χ1n) is 7.35. The smallest absolute Gasteiger partial charge is 0.328 e. The number of carbonyl (C=O) groups excluding carboxylic acids is 2. The molecule has 1 aromatic heterocycles. The normalized spacial score (nSPS) is 12.9. The van der Waals surface area contributed by atoms with Crippen LogP contribution in [-0.2, 0) is 20.7 Å². The zero-order valence-electron chi connectivity index (χ0n) is 13.7. The molecule has 0 bridgehead atoms. The molecule has 2 aromatic rings. The second-order valence-corrected chi connectivity index (χ2v) is 6.57. The van der Waals surface area contributed by atoms with Crippen LogP contribution in [0.5, 0.6) is 0 Å². The van der Waals surface area contributed by atoms with E-state index in [0.29, 0.717) is 5.52 Å². The number of rotatable bonds is 4. The lowest BCUT2D eigenvalue weighted by Gasteiger charge is -2.29. The van der Waals surface area contributed by atoms with Gasteiger partial charge in [-0.25, -0.2) is 9.18 Å². The highest BCUT2D eigenvalue weighted by Crippen LogP contribution is 2.22. The standard InChI is InChI=1S/C17H21FN2O3/c1-17(2,3)15(16(22)23-4)20-14(21)7-10-9-19-13-8-11(18)5-6-12(10)13/h5-6,8-9,15,19H,7H2,1-4H3,(H,20,21)/t15-/m1/s1. The Hall–Kier alpha value is -2.37. The number of hydrogen-bond acceptors (Lipinski definition) is 3. The van der Waals surface area contributed by atoms with Crippen LogP contribution in [0.25, 0.3) is 10.9 Å². The highest BCUT2D eigenvalue weighted by atomic mass is 19.1. The maximum Gasteiger partial charge on any atom is 0.328 e. The zero-order valence-corrected chi connectivity index (χ0v) is 13.7. The fourth-order valence-electron chi connectivity index (χ4n) is 2.44. The molecule has 2 rings (SSSR count). The molecule has 0 spiro atoms. The molecule has 1 heterocycles. The summed E-state index contributed by atoms with van der Waals surface area (Å²) in [6, 6.07) is 3.63. The van der Waals surface area contributed by atoms with Gasteiger partial charge in [-0.05, 0) is 29.2 Å². The van der Waals surface area contributed by atoms with Crippen molar-refractivity contribution in [1.82, 2.24) is 10.3 Å². The van der Waals surface area contributed by atoms with E-state index in [2.05, 4.69) is 10.3 Å². The Morgan fingerprint density at radius 2 is 2.04 bits per heavy atom. The van der Waals surface area contributed by atoms with E-state index < -0.39 is 17.4 Å². The molecule has 5 nitrogen and oxygen atoms in total. The third-order valence-corrected chi connectivity index (χ3v) is 3.69. The molecular formula is C17H21FN2O3. The lowest BCUT2D eigenvalue weighted by molar-refractivity contribution is -0.148. The summed E-state index contributed by atoms with van der Waals surface area (Å²) in [5, 5.41) is 3.50. The van der Waals surface area contributed by atoms with Gasteiger partial charge in [-0.15, -0.1) is 0 Å². The predicted octanol–water partition coefficient (Wildman–Crippen LogP) is 2.55. The minimum Gasteiger partial charge on any atom is -0.467 e. The van der Waals surface area contributed by atoms with Gasteiger partial charge in [-0.2, -0.15) is 0 Å². The van der Waals surface area contributed by atoms with Crippen LogP contribution in [0.4, 0.5) is 4.39 Å². The molecule has 6 heteroatoms. The van der Waals surface area contributed by atoms with Crippen molar-refractivity contribution in [3.05, 3.63) is 35.8 Å². The van der Waals surface area contributed by atoms with Gasteiger partial charge in [-0.1, -0.05) is 20.8 Å². The van der Waals surface area contributed by atoms with E-state index in [1.807, 2.05) is 20.8 Å². The molecule has 1 amide bonds. The van der Waals surface area contributed by atoms with E-state index in [0.717, 1.165) is 10.9 Å². The summed E-state index contributed by atoms with van der Waals surface area (Å²) in [6.45, 7) is 5.55. The van der Waals surface area contributed by atoms with Gasteiger partial charge in [0.05, 0.1) is 13.5 Å². The average molecular weight is 320 g/mol. The van der Waals surface area contributed by atoms with E-state index >= 15 is 0 Å². The summed E-state index contributed by atoms with van der Waals surface area (Å²) >= 11 is 0. The third-order valence-electron chi connectivity index (χ3n) is 3.69. The Kier molecular flexibility index (Phi) is 4.73. The van der Waals surface area contributed by atoms with E-state index in [9.17, 15) is 14.0 Å². The van der Waals surface area contributed by atoms with Crippen LogP contribution < -0.4 is 5.32 Å². The van der Waals surface area contributed by atoms with Crippen molar-refractivity contribution in [2.24, 2.45) is 5.41 Å². The second kappa shape index (κ2) is 6.40. The molecule has 1 aromatic carbocycles. The monoisotopic (exact) mass is 320 g/mol. The van der Waals surface area contributed by atoms with Gasteiger partial charge < -0.3 is 15.0 Å². The third kappa shape index (κ3) is 3.88. The van der Waals surface area contributed by atoms with Gasteiger partial charge in [0.25, 0.3) is 0 Å². The molecule has 0 aliphatic rings. The number of aromatic amines is 1. The molecule has 0 radical (unpaired) electrons. The van der Waals surface area contributed by atoms with E-state index in [4.69, 9.17) is 4.74 Å². The summed E-state index contributed by atoms with van der Waals surface area (Å²) < 4.78 is 17.9. The number of benzene rings is 1. The highest BCUT2D eigenvalue weighted by Gasteiger charge is 2.33. The van der Waals surface area contributed by atoms with Crippen LogP contribution in [0.3, 0.4) is 0 Å². The van der Waals surface area contributed by atoms with Crippen LogP contribution in [0.2, 0.25) is 0 Å². The minimum absolute atomic E-state index is 0.0925. The number of esters is 1. The van der Waals surface area contributed by atoms with E-state index in [1.165, 1.54) is 19.2 Å². The molecule has 23 heavy (non-hydrogen) atoms. The quantitative estimate of drug-likeness (QED) is 0.851. The largest absolute Gasteiger partial charge is 0.467 e. The van der Waals surface area contributed by atoms with Gasteiger partial charge in [0.15, 0.2) is 0 Å². The number of ether oxygens (including phenoxy) is 1. The van der Waals surface area contributed by atoms with Gasteiger partial charge in [0, 0.05) is 17.1 Å². The number of H-pyrrole nitrogens is 1. The maximum atomic E-state index is 13.2. The number of methoxy groups -OCH3 is 1. The molecule has 2 N–H and O–H groups in total. The first-order chi connectivity index (χ1) is 10.7. The molecule has 0 saturated heterocycles. The topological polar surface area (TPSA) is 71.2 Å². The van der Waals surface area contributed by atoms with E-state index in [1.54, 1.807) is 12.3 Å². The van der Waals surface area contributed by atoms with Crippen LogP contribution in [0.1, 0.15) is 26.3 Å². The fourth-order valence-corrected chi connectivity index (χ4v) is 2.44. The second-order valence-electron chi connectivity index (χ2n) is 6.57. The lowest BCUT2D eigenvalue weighted by Crippen LogP contribution is -2.50. The van der Waals surface area contributed by atoms with Crippen LogP contribution in [0, 0.1) is 11.2 Å². The van der Waals surface area contributed by atoms with E-state index in [-0.39, 0.29) is 18.1 Å². The van der Waals surface area contributed by atoms with Crippen molar-refractivity contribution < 1.29 is 18.7 Å². The van der Waals surface area contributed by atoms with Gasteiger partial charge >= 0.3 is 5.97 Å². The molecule has 0 aliphatic heterocycles. The van der Waals surface area contributed by atoms with Crippen molar-refractivity contribution >= 4 is 22.8 Å². The number of hydrogen-bond donors (Lipinski definition) is 2. The van der Waals surface area contributed by atoms with Gasteiger partial charge in [0.2, 0.25) is 5.91 Å². The Bertz CT molecular complexity index is 731. The summed E-state index contributed by atoms with van der Waals surface area (Å²) in [5.74, 6) is -1.11. The molecule has 1 atom stereocenters. The van der Waals surface area contributed by atoms with Crippen LogP contribution in [0.15, 0.2) is 24.4 Å². The molecular weight excluding hydrogens is 299 g/mol. The number of aromatic nitrogens is 1. The minimum atomic E-state index is -0.734. The maximum absolute atomic E-state index is 13.2. The summed E-state index contributed by atoms with van der Waals surface area (Å²) in [7, 11) is 1.29. The molecule has 0 aliphatic carbocycles. The Balaban J connectivity index is 2.15. The summed E-state index contributed by atoms with van der Waals surface area (Å²) in [6.07, 6.45) is 1.77. The molecule has 0 fully saturated rings. The summed E-state index contributed by atoms with van der Waals surface area (Å²) in [4.78, 5) is 27.1. The Morgan fingerprint density at radius 1 is 1.35 bits per heavy atom. The number of carbonyl (C=O) groups is 2. The molecule has 0 saturated carbocycles. The fraction of sp³-hybridized carbons (Fsp3) is 0.412.